The molecule has 0 bridgehead atoms. The summed E-state index contributed by atoms with van der Waals surface area (Å²) in [6, 6.07) is 11.0. The Kier molecular flexibility index (Phi) is 8.84. The molecule has 5 nitrogen and oxygen atoms in total. The summed E-state index contributed by atoms with van der Waals surface area (Å²) in [5, 5.41) is 7.70. The van der Waals surface area contributed by atoms with Gasteiger partial charge in [0.25, 0.3) is 5.91 Å². The van der Waals surface area contributed by atoms with E-state index in [1.54, 1.807) is 41.7 Å². The Balaban J connectivity index is 1.96. The third kappa shape index (κ3) is 6.90. The normalized spacial score (nSPS) is 10.6. The molecular formula is C21H25N3O2S2. The van der Waals surface area contributed by atoms with E-state index in [9.17, 15) is 9.59 Å². The lowest BCUT2D eigenvalue weighted by Crippen LogP contribution is -2.33. The van der Waals surface area contributed by atoms with Gasteiger partial charge in [-0.05, 0) is 60.8 Å². The van der Waals surface area contributed by atoms with E-state index in [0.717, 1.165) is 30.8 Å². The van der Waals surface area contributed by atoms with E-state index in [4.69, 9.17) is 12.2 Å². The number of carbonyl (C=O) groups excluding carboxylic acids is 2. The molecule has 0 unspecified atom stereocenters. The van der Waals surface area contributed by atoms with E-state index < -0.39 is 0 Å². The maximum Gasteiger partial charge on any atom is 0.253 e. The number of nitrogens with zero attached hydrogens (tertiary/aromatic N) is 1. The summed E-state index contributed by atoms with van der Waals surface area (Å²) in [5.41, 5.74) is 1.25. The number of hydrogen-bond acceptors (Lipinski definition) is 4. The molecule has 1 heterocycles. The van der Waals surface area contributed by atoms with Crippen LogP contribution in [0.5, 0.6) is 0 Å². The Labute approximate surface area is 175 Å². The number of amides is 2. The Morgan fingerprint density at radius 3 is 2.54 bits per heavy atom. The molecule has 1 aromatic carbocycles. The lowest BCUT2D eigenvalue weighted by atomic mass is 10.1. The number of carbonyl (C=O) groups is 2. The molecule has 0 radical (unpaired) electrons. The molecule has 1 aromatic heterocycles. The first-order chi connectivity index (χ1) is 13.5. The molecule has 2 rings (SSSR count). The second-order valence-electron chi connectivity index (χ2n) is 6.17. The number of thiocarbonyl (C=S) groups is 1. The van der Waals surface area contributed by atoms with Crippen LogP contribution in [0.1, 0.15) is 41.9 Å². The van der Waals surface area contributed by atoms with Gasteiger partial charge in [-0.2, -0.15) is 0 Å². The number of thiophene rings is 1. The van der Waals surface area contributed by atoms with Crippen LogP contribution < -0.4 is 10.6 Å². The van der Waals surface area contributed by atoms with Gasteiger partial charge in [0.1, 0.15) is 0 Å². The highest BCUT2D eigenvalue weighted by Crippen LogP contribution is 2.14. The minimum Gasteiger partial charge on any atom is -0.339 e. The van der Waals surface area contributed by atoms with E-state index in [-0.39, 0.29) is 16.9 Å². The molecule has 0 aliphatic heterocycles. The zero-order valence-electron chi connectivity index (χ0n) is 16.1. The Bertz CT molecular complexity index is 826. The summed E-state index contributed by atoms with van der Waals surface area (Å²) in [4.78, 5) is 27.5. The van der Waals surface area contributed by atoms with Gasteiger partial charge in [-0.25, -0.2) is 0 Å². The molecule has 0 atom stereocenters. The number of benzene rings is 1. The third-order valence-corrected chi connectivity index (χ3v) is 4.86. The highest BCUT2D eigenvalue weighted by atomic mass is 32.1. The molecule has 0 aliphatic rings. The largest absolute Gasteiger partial charge is 0.339 e. The number of anilines is 1. The zero-order chi connectivity index (χ0) is 20.4. The minimum atomic E-state index is -0.310. The molecule has 0 saturated heterocycles. The molecule has 2 amide bonds. The van der Waals surface area contributed by atoms with Crippen molar-refractivity contribution in [1.82, 2.24) is 10.2 Å². The molecule has 7 heteroatoms. The van der Waals surface area contributed by atoms with E-state index >= 15 is 0 Å². The molecule has 2 N–H and O–H groups in total. The monoisotopic (exact) mass is 415 g/mol. The molecule has 28 heavy (non-hydrogen) atoms. The first-order valence-electron chi connectivity index (χ1n) is 9.26. The molecule has 2 aromatic rings. The minimum absolute atomic E-state index is 0.00110. The average Bonchev–Trinajstić information content (AvgIpc) is 3.19. The Morgan fingerprint density at radius 1 is 1.14 bits per heavy atom. The predicted octanol–water partition coefficient (Wildman–Crippen LogP) is 4.54. The molecule has 0 saturated carbocycles. The van der Waals surface area contributed by atoms with Crippen molar-refractivity contribution in [2.24, 2.45) is 0 Å². The van der Waals surface area contributed by atoms with Crippen molar-refractivity contribution in [3.8, 4) is 0 Å². The van der Waals surface area contributed by atoms with Gasteiger partial charge >= 0.3 is 0 Å². The number of rotatable bonds is 8. The smallest absolute Gasteiger partial charge is 0.253 e. The second kappa shape index (κ2) is 11.4. The van der Waals surface area contributed by atoms with Gasteiger partial charge in [-0.3, -0.25) is 14.9 Å². The Morgan fingerprint density at radius 2 is 1.89 bits per heavy atom. The maximum atomic E-state index is 12.7. The third-order valence-electron chi connectivity index (χ3n) is 3.82. The SMILES string of the molecule is CCCN(CCC)C(=O)c1cccc(NC(=S)NC(=O)/C=C/c2cccs2)c1. The Hall–Kier alpha value is -2.51. The maximum absolute atomic E-state index is 12.7. The molecule has 0 spiro atoms. The van der Waals surface area contributed by atoms with Crippen LogP contribution >= 0.6 is 23.6 Å². The number of nitrogens with one attached hydrogen (secondary N) is 2. The van der Waals surface area contributed by atoms with Crippen LogP contribution in [0, 0.1) is 0 Å². The van der Waals surface area contributed by atoms with Gasteiger partial charge in [0, 0.05) is 35.3 Å². The van der Waals surface area contributed by atoms with Gasteiger partial charge in [0.15, 0.2) is 5.11 Å². The standard InChI is InChI=1S/C21H25N3O2S2/c1-3-12-24(13-4-2)20(26)16-7-5-8-17(15-16)22-21(27)23-19(25)11-10-18-9-6-14-28-18/h5-11,14-15H,3-4,12-13H2,1-2H3,(H2,22,23,25,27)/b11-10+. The average molecular weight is 416 g/mol. The predicted molar refractivity (Wildman–Crippen MR) is 121 cm³/mol. The van der Waals surface area contributed by atoms with Gasteiger partial charge in [0.05, 0.1) is 0 Å². The van der Waals surface area contributed by atoms with Gasteiger partial charge in [-0.1, -0.05) is 26.0 Å². The van der Waals surface area contributed by atoms with Gasteiger partial charge in [-0.15, -0.1) is 11.3 Å². The van der Waals surface area contributed by atoms with E-state index in [1.807, 2.05) is 22.4 Å². The summed E-state index contributed by atoms with van der Waals surface area (Å²) in [7, 11) is 0. The summed E-state index contributed by atoms with van der Waals surface area (Å²) in [6.45, 7) is 5.58. The van der Waals surface area contributed by atoms with Crippen LogP contribution in [0.25, 0.3) is 6.08 Å². The zero-order valence-corrected chi connectivity index (χ0v) is 17.7. The van der Waals surface area contributed by atoms with Gasteiger partial charge < -0.3 is 10.2 Å². The fraction of sp³-hybridized carbons (Fsp3) is 0.286. The first-order valence-corrected chi connectivity index (χ1v) is 10.5. The fourth-order valence-electron chi connectivity index (χ4n) is 2.63. The van der Waals surface area contributed by atoms with Crippen LogP contribution in [0.15, 0.2) is 47.9 Å². The highest BCUT2D eigenvalue weighted by Gasteiger charge is 2.14. The van der Waals surface area contributed by atoms with Crippen molar-refractivity contribution < 1.29 is 9.59 Å². The van der Waals surface area contributed by atoms with Crippen molar-refractivity contribution in [3.63, 3.8) is 0 Å². The molecular weight excluding hydrogens is 390 g/mol. The lowest BCUT2D eigenvalue weighted by Gasteiger charge is -2.21. The van der Waals surface area contributed by atoms with Crippen molar-refractivity contribution in [3.05, 3.63) is 58.3 Å². The van der Waals surface area contributed by atoms with Gasteiger partial charge in [0.2, 0.25) is 5.91 Å². The van der Waals surface area contributed by atoms with Crippen LogP contribution in [0.3, 0.4) is 0 Å². The summed E-state index contributed by atoms with van der Waals surface area (Å²) in [5.74, 6) is -0.309. The van der Waals surface area contributed by atoms with E-state index in [0.29, 0.717) is 11.3 Å². The van der Waals surface area contributed by atoms with E-state index in [2.05, 4.69) is 24.5 Å². The lowest BCUT2D eigenvalue weighted by molar-refractivity contribution is -0.115. The second-order valence-corrected chi connectivity index (χ2v) is 7.55. The van der Waals surface area contributed by atoms with E-state index in [1.165, 1.54) is 6.08 Å². The quantitative estimate of drug-likeness (QED) is 0.491. The van der Waals surface area contributed by atoms with Crippen LogP contribution in [0.4, 0.5) is 5.69 Å². The topological polar surface area (TPSA) is 61.4 Å². The van der Waals surface area contributed by atoms with Crippen molar-refractivity contribution in [2.45, 2.75) is 26.7 Å². The van der Waals surface area contributed by atoms with Crippen molar-refractivity contribution in [1.29, 1.82) is 0 Å². The number of hydrogen-bond donors (Lipinski definition) is 2. The highest BCUT2D eigenvalue weighted by molar-refractivity contribution is 7.80. The molecule has 0 fully saturated rings. The van der Waals surface area contributed by atoms with Crippen molar-refractivity contribution in [2.75, 3.05) is 18.4 Å². The summed E-state index contributed by atoms with van der Waals surface area (Å²) < 4.78 is 0. The molecule has 0 aliphatic carbocycles. The summed E-state index contributed by atoms with van der Waals surface area (Å²) >= 11 is 6.75. The summed E-state index contributed by atoms with van der Waals surface area (Å²) in [6.07, 6.45) is 5.00. The van der Waals surface area contributed by atoms with Crippen LogP contribution in [0.2, 0.25) is 0 Å². The van der Waals surface area contributed by atoms with Crippen molar-refractivity contribution >= 4 is 52.2 Å². The van der Waals surface area contributed by atoms with Crippen LogP contribution in [-0.4, -0.2) is 34.9 Å². The molecule has 148 valence electrons. The first kappa shape index (κ1) is 21.8. The fourth-order valence-corrected chi connectivity index (χ4v) is 3.46. The van der Waals surface area contributed by atoms with Crippen LogP contribution in [-0.2, 0) is 4.79 Å².